The maximum absolute atomic E-state index is 13.2. The zero-order chi connectivity index (χ0) is 30.8. The van der Waals surface area contributed by atoms with Crippen LogP contribution in [0, 0.1) is 16.0 Å². The highest BCUT2D eigenvalue weighted by Crippen LogP contribution is 2.42. The van der Waals surface area contributed by atoms with Gasteiger partial charge in [0, 0.05) is 17.4 Å². The number of hydrogen-bond acceptors (Lipinski definition) is 9. The number of esters is 1. The summed E-state index contributed by atoms with van der Waals surface area (Å²) in [5.74, 6) is -1.99. The van der Waals surface area contributed by atoms with Crippen LogP contribution in [0.15, 0.2) is 54.0 Å². The Labute approximate surface area is 252 Å². The van der Waals surface area contributed by atoms with Gasteiger partial charge in [-0.15, -0.1) is 4.91 Å². The Balaban J connectivity index is 1.49. The van der Waals surface area contributed by atoms with E-state index >= 15 is 0 Å². The molecule has 0 amide bonds. The Morgan fingerprint density at radius 3 is 2.49 bits per heavy atom. The maximum atomic E-state index is 13.2. The number of rotatable bonds is 12. The molecule has 1 saturated carbocycles. The quantitative estimate of drug-likeness (QED) is 0.0795. The normalized spacial score (nSPS) is 13.7. The van der Waals surface area contributed by atoms with Crippen LogP contribution in [0.2, 0.25) is 10.0 Å². The first-order valence-corrected chi connectivity index (χ1v) is 13.7. The molecule has 11 nitrogen and oxygen atoms in total. The Hall–Kier alpha value is -4.36. The fourth-order valence-electron chi connectivity index (χ4n) is 4.55. The average molecular weight is 638 g/mol. The molecule has 0 bridgehead atoms. The predicted octanol–water partition coefficient (Wildman–Crippen LogP) is 6.31. The molecular formula is C28H23Cl2F2N3O8. The molecule has 5 rings (SSSR count). The van der Waals surface area contributed by atoms with E-state index < -0.39 is 37.0 Å². The zero-order valence-corrected chi connectivity index (χ0v) is 23.6. The molecule has 1 atom stereocenters. The molecule has 1 aliphatic rings. The highest BCUT2D eigenvalue weighted by molar-refractivity contribution is 6.35. The summed E-state index contributed by atoms with van der Waals surface area (Å²) < 4.78 is 43.5. The number of ether oxygens (including phenoxy) is 3. The number of hydrogen-bond donors (Lipinski definition) is 2. The van der Waals surface area contributed by atoms with E-state index in [1.165, 1.54) is 36.4 Å². The molecule has 0 spiro atoms. The highest BCUT2D eigenvalue weighted by atomic mass is 35.5. The van der Waals surface area contributed by atoms with Gasteiger partial charge in [-0.2, -0.15) is 13.5 Å². The molecule has 1 unspecified atom stereocenters. The van der Waals surface area contributed by atoms with Crippen molar-refractivity contribution < 1.29 is 42.7 Å². The monoisotopic (exact) mass is 637 g/mol. The lowest BCUT2D eigenvalue weighted by molar-refractivity contribution is -0.605. The molecule has 2 aromatic carbocycles. The Kier molecular flexibility index (Phi) is 8.74. The first kappa shape index (κ1) is 30.1. The SMILES string of the molecule is O=Nc1cccc2c(O)n(CC(=O)OC(Cc3c(Cl)c[n+]([O-])cc3Cl)c3ccc(OC(F)F)c(OCC4CC4)c3)c(O)c12. The zero-order valence-electron chi connectivity index (χ0n) is 22.1. The van der Waals surface area contributed by atoms with E-state index in [4.69, 9.17) is 32.7 Å². The molecule has 2 N–H and O–H groups in total. The summed E-state index contributed by atoms with van der Waals surface area (Å²) in [4.78, 5) is 24.5. The van der Waals surface area contributed by atoms with Crippen LogP contribution >= 0.6 is 23.2 Å². The van der Waals surface area contributed by atoms with Gasteiger partial charge in [-0.3, -0.25) is 9.36 Å². The average Bonchev–Trinajstić information content (AvgIpc) is 3.76. The molecule has 15 heteroatoms. The van der Waals surface area contributed by atoms with Gasteiger partial charge in [-0.05, 0) is 53.8 Å². The second-order valence-electron chi connectivity index (χ2n) is 9.84. The number of benzene rings is 2. The molecule has 0 aliphatic heterocycles. The molecule has 2 heterocycles. The van der Waals surface area contributed by atoms with Crippen molar-refractivity contribution in [2.75, 3.05) is 6.61 Å². The maximum Gasteiger partial charge on any atom is 0.387 e. The third-order valence-electron chi connectivity index (χ3n) is 6.85. The summed E-state index contributed by atoms with van der Waals surface area (Å²) in [6, 6.07) is 8.22. The van der Waals surface area contributed by atoms with E-state index in [-0.39, 0.29) is 68.1 Å². The van der Waals surface area contributed by atoms with Gasteiger partial charge in [0.1, 0.15) is 28.4 Å². The molecular weight excluding hydrogens is 615 g/mol. The minimum atomic E-state index is -3.11. The highest BCUT2D eigenvalue weighted by Gasteiger charge is 2.28. The van der Waals surface area contributed by atoms with Gasteiger partial charge in [0.25, 0.3) is 0 Å². The fraction of sp³-hybridized carbons (Fsp3) is 0.286. The smallest absolute Gasteiger partial charge is 0.387 e. The number of carbonyl (C=O) groups is 1. The van der Waals surface area contributed by atoms with Crippen molar-refractivity contribution in [2.24, 2.45) is 11.1 Å². The number of nitroso groups, excluding NO2 is 1. The van der Waals surface area contributed by atoms with Crippen molar-refractivity contribution >= 4 is 45.6 Å². The number of nitrogens with zero attached hydrogens (tertiary/aromatic N) is 3. The third kappa shape index (κ3) is 6.67. The minimum absolute atomic E-state index is 0.00533. The summed E-state index contributed by atoms with van der Waals surface area (Å²) in [6.45, 7) is -3.55. The van der Waals surface area contributed by atoms with Gasteiger partial charge in [0.2, 0.25) is 11.8 Å². The lowest BCUT2D eigenvalue weighted by atomic mass is 10.0. The number of carbonyl (C=O) groups excluding carboxylic acids is 1. The molecule has 2 aromatic heterocycles. The van der Waals surface area contributed by atoms with Gasteiger partial charge in [0.05, 0.1) is 12.0 Å². The number of alkyl halides is 2. The van der Waals surface area contributed by atoms with Gasteiger partial charge < -0.3 is 29.6 Å². The Morgan fingerprint density at radius 1 is 1.12 bits per heavy atom. The molecule has 1 fully saturated rings. The van der Waals surface area contributed by atoms with Crippen molar-refractivity contribution in [1.82, 2.24) is 4.57 Å². The molecule has 0 radical (unpaired) electrons. The number of aromatic nitrogens is 2. The van der Waals surface area contributed by atoms with E-state index in [0.29, 0.717) is 4.73 Å². The van der Waals surface area contributed by atoms with E-state index in [2.05, 4.69) is 9.91 Å². The molecule has 43 heavy (non-hydrogen) atoms. The van der Waals surface area contributed by atoms with Crippen LogP contribution in [0.3, 0.4) is 0 Å². The number of fused-ring (bicyclic) bond motifs is 1. The molecule has 226 valence electrons. The van der Waals surface area contributed by atoms with Gasteiger partial charge in [0.15, 0.2) is 23.9 Å². The summed E-state index contributed by atoms with van der Waals surface area (Å²) in [5.41, 5.74) is 0.384. The second kappa shape index (κ2) is 12.5. The molecule has 0 saturated heterocycles. The predicted molar refractivity (Wildman–Crippen MR) is 150 cm³/mol. The first-order chi connectivity index (χ1) is 20.5. The van der Waals surface area contributed by atoms with Crippen LogP contribution in [0.5, 0.6) is 23.3 Å². The number of aromatic hydroxyl groups is 2. The second-order valence-corrected chi connectivity index (χ2v) is 10.7. The summed E-state index contributed by atoms with van der Waals surface area (Å²) in [7, 11) is 0. The Morgan fingerprint density at radius 2 is 1.84 bits per heavy atom. The first-order valence-electron chi connectivity index (χ1n) is 12.9. The van der Waals surface area contributed by atoms with E-state index in [1.54, 1.807) is 0 Å². The van der Waals surface area contributed by atoms with Gasteiger partial charge in [-0.1, -0.05) is 35.3 Å². The van der Waals surface area contributed by atoms with Crippen molar-refractivity contribution in [3.05, 3.63) is 80.1 Å². The van der Waals surface area contributed by atoms with Crippen LogP contribution in [0.1, 0.15) is 30.1 Å². The Bertz CT molecular complexity index is 1670. The van der Waals surface area contributed by atoms with Crippen LogP contribution in [-0.4, -0.2) is 34.0 Å². The molecule has 1 aliphatic carbocycles. The standard InChI is InChI=1S/C28H23Cl2F2N3O8/c29-18-10-34(40)11-19(30)17(18)9-22(15-6-7-21(43-28(31)32)23(8-15)41-13-14-4-5-14)42-24(36)12-35-26(37)16-2-1-3-20(33-39)25(16)27(35)38/h1-3,6-8,10-11,14,22,28,37-38H,4-5,9,12-13H2. The van der Waals surface area contributed by atoms with Crippen molar-refractivity contribution in [3.63, 3.8) is 0 Å². The number of halogens is 4. The van der Waals surface area contributed by atoms with Crippen LogP contribution in [-0.2, 0) is 22.5 Å². The number of pyridine rings is 1. The van der Waals surface area contributed by atoms with Crippen molar-refractivity contribution in [1.29, 1.82) is 0 Å². The lowest BCUT2D eigenvalue weighted by Gasteiger charge is -2.22. The topological polar surface area (TPSA) is 147 Å². The summed E-state index contributed by atoms with van der Waals surface area (Å²) >= 11 is 12.5. The molecule has 4 aromatic rings. The van der Waals surface area contributed by atoms with Crippen LogP contribution in [0.25, 0.3) is 10.8 Å². The van der Waals surface area contributed by atoms with E-state index in [0.717, 1.165) is 29.8 Å². The van der Waals surface area contributed by atoms with Gasteiger partial charge in [-0.25, -0.2) is 0 Å². The van der Waals surface area contributed by atoms with Crippen molar-refractivity contribution in [3.8, 4) is 23.3 Å². The van der Waals surface area contributed by atoms with Gasteiger partial charge >= 0.3 is 12.6 Å². The third-order valence-corrected chi connectivity index (χ3v) is 7.50. The minimum Gasteiger partial charge on any atom is -0.619 e. The van der Waals surface area contributed by atoms with E-state index in [1.807, 2.05) is 0 Å². The fourth-order valence-corrected chi connectivity index (χ4v) is 5.15. The largest absolute Gasteiger partial charge is 0.619 e. The summed E-state index contributed by atoms with van der Waals surface area (Å²) in [5, 5.41) is 36.0. The van der Waals surface area contributed by atoms with Crippen LogP contribution in [0.4, 0.5) is 14.5 Å². The van der Waals surface area contributed by atoms with Crippen LogP contribution < -0.4 is 14.2 Å². The van der Waals surface area contributed by atoms with E-state index in [9.17, 15) is 33.9 Å². The summed E-state index contributed by atoms with van der Waals surface area (Å²) in [6.07, 6.45) is 2.67. The lowest BCUT2D eigenvalue weighted by Crippen LogP contribution is -2.26. The van der Waals surface area contributed by atoms with Crippen molar-refractivity contribution in [2.45, 2.75) is 38.5 Å².